The summed E-state index contributed by atoms with van der Waals surface area (Å²) in [5, 5.41) is 9.23. The minimum atomic E-state index is -0.978. The smallest absolute Gasteiger partial charge is 0.343 e. The van der Waals surface area contributed by atoms with E-state index in [0.29, 0.717) is 48.0 Å². The molecule has 35 heavy (non-hydrogen) atoms. The molecule has 3 aromatic rings. The van der Waals surface area contributed by atoms with Crippen molar-refractivity contribution in [3.05, 3.63) is 102 Å². The van der Waals surface area contributed by atoms with E-state index < -0.39 is 18.2 Å². The lowest BCUT2D eigenvalue weighted by atomic mass is 10.1. The second-order valence-electron chi connectivity index (χ2n) is 7.80. The summed E-state index contributed by atoms with van der Waals surface area (Å²) in [6.07, 6.45) is 0.908. The van der Waals surface area contributed by atoms with Gasteiger partial charge in [0, 0.05) is 6.42 Å². The summed E-state index contributed by atoms with van der Waals surface area (Å²) in [5.41, 5.74) is 2.66. The number of ether oxygens (including phenoxy) is 4. The van der Waals surface area contributed by atoms with Crippen LogP contribution in [0.5, 0.6) is 17.2 Å². The minimum Gasteiger partial charge on any atom is -0.494 e. The molecule has 0 bridgehead atoms. The summed E-state index contributed by atoms with van der Waals surface area (Å²) < 4.78 is 21.5. The normalized spacial score (nSPS) is 11.4. The molecular weight excluding hydrogens is 448 g/mol. The van der Waals surface area contributed by atoms with E-state index in [1.165, 1.54) is 6.08 Å². The highest BCUT2D eigenvalue weighted by Crippen LogP contribution is 2.21. The van der Waals surface area contributed by atoms with Gasteiger partial charge in [0.25, 0.3) is 0 Å². The first kappa shape index (κ1) is 25.7. The molecule has 0 saturated carbocycles. The number of benzene rings is 3. The molecule has 0 aliphatic heterocycles. The Kier molecular flexibility index (Phi) is 9.17. The summed E-state index contributed by atoms with van der Waals surface area (Å²) >= 11 is 0. The molecular formula is C28H28O7. The van der Waals surface area contributed by atoms with E-state index in [1.807, 2.05) is 26.0 Å². The van der Waals surface area contributed by atoms with Crippen LogP contribution in [0.15, 0.2) is 79.4 Å². The molecule has 0 amide bonds. The van der Waals surface area contributed by atoms with Gasteiger partial charge >= 0.3 is 11.9 Å². The monoisotopic (exact) mass is 476 g/mol. The van der Waals surface area contributed by atoms with Crippen molar-refractivity contribution in [3.63, 3.8) is 0 Å². The van der Waals surface area contributed by atoms with E-state index in [1.54, 1.807) is 54.6 Å². The zero-order valence-electron chi connectivity index (χ0n) is 19.7. The molecule has 0 heterocycles. The van der Waals surface area contributed by atoms with Crippen molar-refractivity contribution in [2.45, 2.75) is 26.6 Å². The lowest BCUT2D eigenvalue weighted by Crippen LogP contribution is -2.11. The van der Waals surface area contributed by atoms with E-state index in [2.05, 4.69) is 6.58 Å². The van der Waals surface area contributed by atoms with Gasteiger partial charge in [-0.3, -0.25) is 0 Å². The number of aliphatic hydroxyl groups excluding tert-OH is 1. The van der Waals surface area contributed by atoms with Crippen LogP contribution in [0, 0.1) is 13.8 Å². The molecule has 0 radical (unpaired) electrons. The number of esters is 2. The summed E-state index contributed by atoms with van der Waals surface area (Å²) in [4.78, 5) is 24.9. The number of aryl methyl sites for hydroxylation is 2. The molecule has 0 aromatic heterocycles. The number of aliphatic hydroxyl groups is 1. The Hall–Kier alpha value is -3.94. The Morgan fingerprint density at radius 1 is 0.857 bits per heavy atom. The number of rotatable bonds is 11. The van der Waals surface area contributed by atoms with Gasteiger partial charge < -0.3 is 24.1 Å². The van der Waals surface area contributed by atoms with Crippen LogP contribution in [0.3, 0.4) is 0 Å². The van der Waals surface area contributed by atoms with Crippen molar-refractivity contribution in [2.75, 3.05) is 13.2 Å². The molecule has 3 rings (SSSR count). The maximum atomic E-state index is 12.4. The van der Waals surface area contributed by atoms with Crippen LogP contribution in [0.4, 0.5) is 0 Å². The minimum absolute atomic E-state index is 0.306. The van der Waals surface area contributed by atoms with Crippen LogP contribution < -0.4 is 14.2 Å². The first-order valence-corrected chi connectivity index (χ1v) is 11.1. The van der Waals surface area contributed by atoms with Crippen molar-refractivity contribution in [1.82, 2.24) is 0 Å². The number of hydrogen-bond acceptors (Lipinski definition) is 7. The maximum absolute atomic E-state index is 12.4. The highest BCUT2D eigenvalue weighted by Gasteiger charge is 2.13. The highest BCUT2D eigenvalue weighted by molar-refractivity contribution is 5.92. The third-order valence-electron chi connectivity index (χ3n) is 4.97. The van der Waals surface area contributed by atoms with E-state index >= 15 is 0 Å². The second kappa shape index (κ2) is 12.5. The second-order valence-corrected chi connectivity index (χ2v) is 7.80. The fraction of sp³-hybridized carbons (Fsp3) is 0.214. The molecule has 0 fully saturated rings. The first-order chi connectivity index (χ1) is 16.9. The fourth-order valence-electron chi connectivity index (χ4n) is 3.11. The summed E-state index contributed by atoms with van der Waals surface area (Å²) in [7, 11) is 0. The van der Waals surface area contributed by atoms with Crippen LogP contribution in [-0.2, 0) is 4.74 Å². The third-order valence-corrected chi connectivity index (χ3v) is 4.97. The SMILES string of the molecule is C=CC(O)OCCCOc1ccc(C(=O)Oc2ccc(C(=O)Oc3ccc(C)cc3C)cc2)cc1. The van der Waals surface area contributed by atoms with Gasteiger partial charge in [-0.15, -0.1) is 0 Å². The Balaban J connectivity index is 1.49. The van der Waals surface area contributed by atoms with Crippen LogP contribution in [0.1, 0.15) is 38.3 Å². The molecule has 1 atom stereocenters. The fourth-order valence-corrected chi connectivity index (χ4v) is 3.11. The standard InChI is InChI=1S/C28H28O7/c1-4-26(29)33-17-5-16-32-23-11-7-21(8-12-23)27(30)34-24-13-9-22(10-14-24)28(31)35-25-15-6-19(2)18-20(25)3/h4,6-15,18,26,29H,1,5,16-17H2,2-3H3. The molecule has 0 spiro atoms. The number of carbonyl (C=O) groups excluding carboxylic acids is 2. The van der Waals surface area contributed by atoms with Gasteiger partial charge in [0.1, 0.15) is 17.2 Å². The molecule has 7 heteroatoms. The molecule has 0 saturated heterocycles. The van der Waals surface area contributed by atoms with E-state index in [4.69, 9.17) is 18.9 Å². The van der Waals surface area contributed by atoms with E-state index in [-0.39, 0.29) is 0 Å². The molecule has 3 aromatic carbocycles. The average Bonchev–Trinajstić information content (AvgIpc) is 2.86. The highest BCUT2D eigenvalue weighted by atomic mass is 16.6. The van der Waals surface area contributed by atoms with Crippen LogP contribution in [-0.4, -0.2) is 36.5 Å². The Labute approximate surface area is 204 Å². The van der Waals surface area contributed by atoms with Crippen molar-refractivity contribution in [2.24, 2.45) is 0 Å². The molecule has 1 N–H and O–H groups in total. The van der Waals surface area contributed by atoms with Crippen LogP contribution in [0.25, 0.3) is 0 Å². The van der Waals surface area contributed by atoms with Gasteiger partial charge in [0.2, 0.25) is 0 Å². The van der Waals surface area contributed by atoms with Gasteiger partial charge in [0.05, 0.1) is 24.3 Å². The van der Waals surface area contributed by atoms with Crippen molar-refractivity contribution in [1.29, 1.82) is 0 Å². The van der Waals surface area contributed by atoms with Gasteiger partial charge in [0.15, 0.2) is 6.29 Å². The van der Waals surface area contributed by atoms with E-state index in [9.17, 15) is 14.7 Å². The topological polar surface area (TPSA) is 91.3 Å². The van der Waals surface area contributed by atoms with Crippen LogP contribution >= 0.6 is 0 Å². The van der Waals surface area contributed by atoms with Crippen LogP contribution in [0.2, 0.25) is 0 Å². The molecule has 1 unspecified atom stereocenters. The van der Waals surface area contributed by atoms with Gasteiger partial charge in [-0.25, -0.2) is 9.59 Å². The molecule has 182 valence electrons. The number of carbonyl (C=O) groups is 2. The van der Waals surface area contributed by atoms with Gasteiger partial charge in [-0.2, -0.15) is 0 Å². The van der Waals surface area contributed by atoms with Crippen molar-refractivity contribution < 1.29 is 33.6 Å². The Bertz CT molecular complexity index is 1150. The zero-order valence-corrected chi connectivity index (χ0v) is 19.7. The van der Waals surface area contributed by atoms with E-state index in [0.717, 1.165) is 11.1 Å². The first-order valence-electron chi connectivity index (χ1n) is 11.1. The summed E-state index contributed by atoms with van der Waals surface area (Å²) in [6.45, 7) is 8.00. The quantitative estimate of drug-likeness (QED) is 0.136. The maximum Gasteiger partial charge on any atom is 0.343 e. The lowest BCUT2D eigenvalue weighted by Gasteiger charge is -2.10. The van der Waals surface area contributed by atoms with Gasteiger partial charge in [-0.1, -0.05) is 24.3 Å². The molecule has 0 aliphatic carbocycles. The van der Waals surface area contributed by atoms with Gasteiger partial charge in [-0.05, 0) is 80.1 Å². The average molecular weight is 477 g/mol. The predicted octanol–water partition coefficient (Wildman–Crippen LogP) is 5.03. The predicted molar refractivity (Wildman–Crippen MR) is 131 cm³/mol. The zero-order chi connectivity index (χ0) is 25.2. The summed E-state index contributed by atoms with van der Waals surface area (Å²) in [5.74, 6) is 0.379. The molecule has 7 nitrogen and oxygen atoms in total. The molecule has 0 aliphatic rings. The largest absolute Gasteiger partial charge is 0.494 e. The number of hydrogen-bond donors (Lipinski definition) is 1. The Morgan fingerprint density at radius 3 is 2.06 bits per heavy atom. The third kappa shape index (κ3) is 7.81. The van der Waals surface area contributed by atoms with Crippen molar-refractivity contribution >= 4 is 11.9 Å². The summed E-state index contributed by atoms with van der Waals surface area (Å²) in [6, 6.07) is 18.3. The lowest BCUT2D eigenvalue weighted by molar-refractivity contribution is -0.0663. The Morgan fingerprint density at radius 2 is 1.46 bits per heavy atom. The van der Waals surface area contributed by atoms with Crippen molar-refractivity contribution in [3.8, 4) is 17.2 Å².